The second kappa shape index (κ2) is 4.73. The second-order valence-electron chi connectivity index (χ2n) is 6.27. The Kier molecular flexibility index (Phi) is 3.29. The number of aromatic nitrogens is 2. The molecule has 2 bridgehead atoms. The highest BCUT2D eigenvalue weighted by molar-refractivity contribution is 7.89. The van der Waals surface area contributed by atoms with Gasteiger partial charge in [0.15, 0.2) is 10.8 Å². The molecule has 1 aromatic rings. The van der Waals surface area contributed by atoms with Crippen LogP contribution in [0, 0.1) is 17.8 Å². The van der Waals surface area contributed by atoms with Gasteiger partial charge in [0.1, 0.15) is 0 Å². The van der Waals surface area contributed by atoms with Crippen LogP contribution in [-0.4, -0.2) is 35.9 Å². The average Bonchev–Trinajstić information content (AvgIpc) is 3.05. The van der Waals surface area contributed by atoms with Crippen LogP contribution >= 0.6 is 0 Å². The fraction of sp³-hybridized carbons (Fsp3) is 0.769. The fourth-order valence-electron chi connectivity index (χ4n) is 3.93. The SMILES string of the molecule is CN(CC1CC2CCC1C2)S(=O)(=O)c1c(N)ncn1C. The molecule has 0 aromatic carbocycles. The topological polar surface area (TPSA) is 81.2 Å². The largest absolute Gasteiger partial charge is 0.381 e. The number of anilines is 1. The lowest BCUT2D eigenvalue weighted by molar-refractivity contribution is 0.279. The van der Waals surface area contributed by atoms with Crippen LogP contribution < -0.4 is 5.73 Å². The maximum atomic E-state index is 12.6. The molecule has 7 heteroatoms. The Bertz CT molecular complexity index is 590. The minimum Gasteiger partial charge on any atom is -0.381 e. The zero-order valence-corrected chi connectivity index (χ0v) is 12.8. The monoisotopic (exact) mass is 298 g/mol. The molecule has 112 valence electrons. The molecule has 6 nitrogen and oxygen atoms in total. The van der Waals surface area contributed by atoms with E-state index in [2.05, 4.69) is 4.98 Å². The molecule has 1 aromatic heterocycles. The number of hydrogen-bond donors (Lipinski definition) is 1. The Morgan fingerprint density at radius 2 is 2.20 bits per heavy atom. The molecule has 0 aliphatic heterocycles. The van der Waals surface area contributed by atoms with Crippen molar-refractivity contribution in [1.82, 2.24) is 13.9 Å². The zero-order chi connectivity index (χ0) is 14.5. The predicted molar refractivity (Wildman–Crippen MR) is 76.4 cm³/mol. The minimum absolute atomic E-state index is 0.0762. The number of nitrogens with zero attached hydrogens (tertiary/aromatic N) is 3. The van der Waals surface area contributed by atoms with Gasteiger partial charge in [0, 0.05) is 20.6 Å². The molecule has 0 amide bonds. The molecule has 2 saturated carbocycles. The van der Waals surface area contributed by atoms with Gasteiger partial charge in [-0.25, -0.2) is 13.4 Å². The third kappa shape index (κ3) is 2.13. The molecule has 1 heterocycles. The van der Waals surface area contributed by atoms with Crippen molar-refractivity contribution in [2.75, 3.05) is 19.3 Å². The van der Waals surface area contributed by atoms with E-state index in [-0.39, 0.29) is 10.8 Å². The summed E-state index contributed by atoms with van der Waals surface area (Å²) in [6.45, 7) is 0.591. The first kappa shape index (κ1) is 13.9. The number of hydrogen-bond acceptors (Lipinski definition) is 4. The first-order valence-corrected chi connectivity index (χ1v) is 8.56. The molecule has 0 radical (unpaired) electrons. The zero-order valence-electron chi connectivity index (χ0n) is 12.0. The van der Waals surface area contributed by atoms with Gasteiger partial charge in [-0.2, -0.15) is 4.31 Å². The van der Waals surface area contributed by atoms with E-state index in [1.165, 1.54) is 40.9 Å². The highest BCUT2D eigenvalue weighted by Gasteiger charge is 2.41. The van der Waals surface area contributed by atoms with Crippen LogP contribution in [0.15, 0.2) is 11.4 Å². The number of imidazole rings is 1. The van der Waals surface area contributed by atoms with Crippen molar-refractivity contribution in [3.05, 3.63) is 6.33 Å². The minimum atomic E-state index is -3.55. The van der Waals surface area contributed by atoms with E-state index in [4.69, 9.17) is 5.73 Å². The molecule has 2 fully saturated rings. The lowest BCUT2D eigenvalue weighted by Gasteiger charge is -2.26. The van der Waals surface area contributed by atoms with Gasteiger partial charge < -0.3 is 10.3 Å². The predicted octanol–water partition coefficient (Wildman–Crippen LogP) is 1.06. The van der Waals surface area contributed by atoms with E-state index in [0.29, 0.717) is 18.4 Å². The summed E-state index contributed by atoms with van der Waals surface area (Å²) < 4.78 is 28.2. The molecule has 20 heavy (non-hydrogen) atoms. The molecule has 2 aliphatic carbocycles. The van der Waals surface area contributed by atoms with Crippen LogP contribution in [0.25, 0.3) is 0 Å². The van der Waals surface area contributed by atoms with Gasteiger partial charge in [0.25, 0.3) is 10.0 Å². The number of aryl methyl sites for hydroxylation is 1. The smallest absolute Gasteiger partial charge is 0.262 e. The van der Waals surface area contributed by atoms with Crippen LogP contribution in [0.3, 0.4) is 0 Å². The molecule has 0 spiro atoms. The molecule has 3 unspecified atom stereocenters. The lowest BCUT2D eigenvalue weighted by Crippen LogP contribution is -2.35. The Morgan fingerprint density at radius 1 is 1.45 bits per heavy atom. The number of nitrogen functional groups attached to an aromatic ring is 1. The summed E-state index contributed by atoms with van der Waals surface area (Å²) in [5.41, 5.74) is 5.70. The summed E-state index contributed by atoms with van der Waals surface area (Å²) in [5, 5.41) is 0.100. The van der Waals surface area contributed by atoms with E-state index in [9.17, 15) is 8.42 Å². The van der Waals surface area contributed by atoms with Gasteiger partial charge in [0.2, 0.25) is 0 Å². The lowest BCUT2D eigenvalue weighted by atomic mass is 9.89. The molecule has 2 aliphatic rings. The normalized spacial score (nSPS) is 29.4. The van der Waals surface area contributed by atoms with Crippen LogP contribution in [0.1, 0.15) is 25.7 Å². The van der Waals surface area contributed by atoms with Gasteiger partial charge in [-0.05, 0) is 37.0 Å². The van der Waals surface area contributed by atoms with Crippen LogP contribution in [0.2, 0.25) is 0 Å². The fourth-order valence-corrected chi connectivity index (χ4v) is 5.34. The van der Waals surface area contributed by atoms with Crippen molar-refractivity contribution < 1.29 is 8.42 Å². The van der Waals surface area contributed by atoms with E-state index in [1.54, 1.807) is 14.1 Å². The number of rotatable bonds is 4. The Balaban J connectivity index is 1.78. The Morgan fingerprint density at radius 3 is 2.70 bits per heavy atom. The summed E-state index contributed by atoms with van der Waals surface area (Å²) in [7, 11) is -0.252. The van der Waals surface area contributed by atoms with Crippen LogP contribution in [0.5, 0.6) is 0 Å². The van der Waals surface area contributed by atoms with Crippen molar-refractivity contribution in [3.8, 4) is 0 Å². The summed E-state index contributed by atoms with van der Waals surface area (Å²) in [5.74, 6) is 2.11. The number of nitrogens with two attached hydrogens (primary N) is 1. The van der Waals surface area contributed by atoms with Crippen molar-refractivity contribution in [2.45, 2.75) is 30.7 Å². The van der Waals surface area contributed by atoms with Crippen molar-refractivity contribution in [1.29, 1.82) is 0 Å². The Labute approximate surface area is 120 Å². The first-order chi connectivity index (χ1) is 9.39. The van der Waals surface area contributed by atoms with E-state index in [0.717, 1.165) is 5.92 Å². The molecule has 3 atom stereocenters. The van der Waals surface area contributed by atoms with E-state index in [1.807, 2.05) is 0 Å². The number of fused-ring (bicyclic) bond motifs is 2. The van der Waals surface area contributed by atoms with Gasteiger partial charge in [-0.15, -0.1) is 0 Å². The van der Waals surface area contributed by atoms with Gasteiger partial charge in [0.05, 0.1) is 6.33 Å². The standard InChI is InChI=1S/C13H22N4O2S/c1-16-8-15-12(14)13(16)20(18,19)17(2)7-11-6-9-3-4-10(11)5-9/h8-11H,3-7,14H2,1-2H3. The highest BCUT2D eigenvalue weighted by Crippen LogP contribution is 2.48. The number of sulfonamides is 1. The molecular formula is C13H22N4O2S. The quantitative estimate of drug-likeness (QED) is 0.901. The molecule has 2 N–H and O–H groups in total. The third-order valence-corrected chi connectivity index (χ3v) is 6.90. The maximum absolute atomic E-state index is 12.6. The van der Waals surface area contributed by atoms with Crippen LogP contribution in [0.4, 0.5) is 5.82 Å². The van der Waals surface area contributed by atoms with Gasteiger partial charge in [-0.1, -0.05) is 6.42 Å². The second-order valence-corrected chi connectivity index (χ2v) is 8.23. The Hall–Kier alpha value is -1.08. The van der Waals surface area contributed by atoms with Gasteiger partial charge >= 0.3 is 0 Å². The van der Waals surface area contributed by atoms with Crippen molar-refractivity contribution >= 4 is 15.8 Å². The summed E-state index contributed by atoms with van der Waals surface area (Å²) >= 11 is 0. The summed E-state index contributed by atoms with van der Waals surface area (Å²) in [6, 6.07) is 0. The molecular weight excluding hydrogens is 276 g/mol. The van der Waals surface area contributed by atoms with E-state index >= 15 is 0 Å². The molecule has 0 saturated heterocycles. The summed E-state index contributed by atoms with van der Waals surface area (Å²) in [6.07, 6.45) is 6.48. The van der Waals surface area contributed by atoms with Crippen molar-refractivity contribution in [3.63, 3.8) is 0 Å². The van der Waals surface area contributed by atoms with E-state index < -0.39 is 10.0 Å². The maximum Gasteiger partial charge on any atom is 0.262 e. The summed E-state index contributed by atoms with van der Waals surface area (Å²) in [4.78, 5) is 3.87. The van der Waals surface area contributed by atoms with Crippen molar-refractivity contribution in [2.24, 2.45) is 24.8 Å². The van der Waals surface area contributed by atoms with Gasteiger partial charge in [-0.3, -0.25) is 0 Å². The average molecular weight is 298 g/mol. The molecule has 3 rings (SSSR count). The highest BCUT2D eigenvalue weighted by atomic mass is 32.2. The third-order valence-electron chi connectivity index (χ3n) is 4.94. The first-order valence-electron chi connectivity index (χ1n) is 7.12. The van der Waals surface area contributed by atoms with Crippen LogP contribution in [-0.2, 0) is 17.1 Å².